The fourth-order valence-electron chi connectivity index (χ4n) is 2.07. The molecule has 2 heterocycles. The molecule has 19 heavy (non-hydrogen) atoms. The molecule has 0 unspecified atom stereocenters. The number of hydrogen-bond acceptors (Lipinski definition) is 5. The van der Waals surface area contributed by atoms with Gasteiger partial charge in [0.15, 0.2) is 0 Å². The molecule has 0 aromatic carbocycles. The first-order valence-corrected chi connectivity index (χ1v) is 8.70. The summed E-state index contributed by atoms with van der Waals surface area (Å²) in [6, 6.07) is 3.78. The highest BCUT2D eigenvalue weighted by Gasteiger charge is 2.23. The van der Waals surface area contributed by atoms with E-state index in [1.807, 2.05) is 19.9 Å². The summed E-state index contributed by atoms with van der Waals surface area (Å²) in [5, 5.41) is 3.31. The van der Waals surface area contributed by atoms with E-state index >= 15 is 0 Å². The van der Waals surface area contributed by atoms with Gasteiger partial charge in [-0.3, -0.25) is 0 Å². The van der Waals surface area contributed by atoms with Crippen LogP contribution in [0.2, 0.25) is 0 Å². The smallest absolute Gasteiger partial charge is 0.250 e. The van der Waals surface area contributed by atoms with Crippen molar-refractivity contribution in [1.29, 1.82) is 0 Å². The van der Waals surface area contributed by atoms with Gasteiger partial charge >= 0.3 is 0 Å². The monoisotopic (exact) mass is 304 g/mol. The highest BCUT2D eigenvalue weighted by molar-refractivity contribution is 7.91. The third-order valence-corrected chi connectivity index (χ3v) is 6.13. The van der Waals surface area contributed by atoms with Crippen molar-refractivity contribution in [3.63, 3.8) is 0 Å². The van der Waals surface area contributed by atoms with Gasteiger partial charge in [-0.05, 0) is 32.4 Å². The average molecular weight is 304 g/mol. The summed E-state index contributed by atoms with van der Waals surface area (Å²) < 4.78 is 32.3. The van der Waals surface area contributed by atoms with Crippen LogP contribution >= 0.6 is 11.3 Å². The number of hydrogen-bond donors (Lipinski definition) is 2. The van der Waals surface area contributed by atoms with Gasteiger partial charge in [-0.25, -0.2) is 13.1 Å². The standard InChI is InChI=1S/C12H20N2O3S2/c1-9-3-4-12(18-9)19(15,16)14-7-6-13-11-5-8-17-10(11)2/h3-4,10-11,13-14H,5-8H2,1-2H3/t10-,11-/m0/s1. The van der Waals surface area contributed by atoms with E-state index < -0.39 is 10.0 Å². The molecule has 0 spiro atoms. The van der Waals surface area contributed by atoms with Gasteiger partial charge in [0.1, 0.15) is 4.21 Å². The first-order valence-electron chi connectivity index (χ1n) is 6.40. The molecule has 1 aliphatic rings. The summed E-state index contributed by atoms with van der Waals surface area (Å²) in [5.74, 6) is 0. The van der Waals surface area contributed by atoms with E-state index in [0.717, 1.165) is 17.9 Å². The zero-order chi connectivity index (χ0) is 13.9. The van der Waals surface area contributed by atoms with Gasteiger partial charge in [-0.15, -0.1) is 11.3 Å². The van der Waals surface area contributed by atoms with Gasteiger partial charge in [0.2, 0.25) is 10.0 Å². The number of thiophene rings is 1. The van der Waals surface area contributed by atoms with Crippen LogP contribution in [0.5, 0.6) is 0 Å². The summed E-state index contributed by atoms with van der Waals surface area (Å²) >= 11 is 1.29. The molecule has 1 aromatic rings. The first-order chi connectivity index (χ1) is 8.99. The predicted octanol–water partition coefficient (Wildman–Crippen LogP) is 1.10. The van der Waals surface area contributed by atoms with Crippen molar-refractivity contribution in [3.8, 4) is 0 Å². The van der Waals surface area contributed by atoms with E-state index in [0.29, 0.717) is 23.3 Å². The minimum absolute atomic E-state index is 0.205. The van der Waals surface area contributed by atoms with Crippen molar-refractivity contribution >= 4 is 21.4 Å². The topological polar surface area (TPSA) is 67.4 Å². The van der Waals surface area contributed by atoms with Gasteiger partial charge in [-0.2, -0.15) is 0 Å². The SMILES string of the molecule is Cc1ccc(S(=O)(=O)NCCN[C@H]2CCO[C@H]2C)s1. The number of nitrogens with one attached hydrogen (secondary N) is 2. The Balaban J connectivity index is 1.76. The number of aryl methyl sites for hydroxylation is 1. The van der Waals surface area contributed by atoms with Crippen molar-refractivity contribution < 1.29 is 13.2 Å². The maximum absolute atomic E-state index is 12.0. The lowest BCUT2D eigenvalue weighted by Gasteiger charge is -2.15. The molecule has 1 fully saturated rings. The van der Waals surface area contributed by atoms with Crippen molar-refractivity contribution in [2.45, 2.75) is 36.6 Å². The van der Waals surface area contributed by atoms with E-state index in [9.17, 15) is 8.42 Å². The highest BCUT2D eigenvalue weighted by Crippen LogP contribution is 2.20. The molecule has 1 saturated heterocycles. The molecule has 2 N–H and O–H groups in total. The normalized spacial score (nSPS) is 23.9. The van der Waals surface area contributed by atoms with Crippen molar-refractivity contribution in [1.82, 2.24) is 10.0 Å². The van der Waals surface area contributed by atoms with Crippen LogP contribution in [-0.4, -0.2) is 40.3 Å². The molecular weight excluding hydrogens is 284 g/mol. The second-order valence-corrected chi connectivity index (χ2v) is 7.97. The van der Waals surface area contributed by atoms with E-state index in [1.54, 1.807) is 6.07 Å². The van der Waals surface area contributed by atoms with Crippen LogP contribution in [0.1, 0.15) is 18.2 Å². The van der Waals surface area contributed by atoms with Crippen LogP contribution in [0.4, 0.5) is 0 Å². The van der Waals surface area contributed by atoms with E-state index in [2.05, 4.69) is 10.0 Å². The first kappa shape index (κ1) is 14.9. The maximum atomic E-state index is 12.0. The Hall–Kier alpha value is -0.470. The van der Waals surface area contributed by atoms with Gasteiger partial charge < -0.3 is 10.1 Å². The molecule has 2 atom stereocenters. The minimum Gasteiger partial charge on any atom is -0.377 e. The lowest BCUT2D eigenvalue weighted by molar-refractivity contribution is 0.113. The molecule has 0 aliphatic carbocycles. The molecular formula is C12H20N2O3S2. The largest absolute Gasteiger partial charge is 0.377 e. The molecule has 5 nitrogen and oxygen atoms in total. The molecule has 0 bridgehead atoms. The lowest BCUT2D eigenvalue weighted by Crippen LogP contribution is -2.40. The van der Waals surface area contributed by atoms with Crippen LogP contribution in [0.25, 0.3) is 0 Å². The number of rotatable bonds is 6. The van der Waals surface area contributed by atoms with E-state index in [-0.39, 0.29) is 6.10 Å². The van der Waals surface area contributed by atoms with Crippen molar-refractivity contribution in [2.24, 2.45) is 0 Å². The maximum Gasteiger partial charge on any atom is 0.250 e. The number of sulfonamides is 1. The summed E-state index contributed by atoms with van der Waals surface area (Å²) in [5.41, 5.74) is 0. The predicted molar refractivity (Wildman–Crippen MR) is 76.1 cm³/mol. The second kappa shape index (κ2) is 6.32. The third kappa shape index (κ3) is 4.00. The van der Waals surface area contributed by atoms with Crippen LogP contribution in [0, 0.1) is 6.92 Å². The summed E-state index contributed by atoms with van der Waals surface area (Å²) in [7, 11) is -3.35. The van der Waals surface area contributed by atoms with Crippen molar-refractivity contribution in [3.05, 3.63) is 17.0 Å². The minimum atomic E-state index is -3.35. The zero-order valence-corrected chi connectivity index (χ0v) is 12.8. The molecule has 1 aromatic heterocycles. The lowest BCUT2D eigenvalue weighted by atomic mass is 10.1. The zero-order valence-electron chi connectivity index (χ0n) is 11.2. The Labute approximate surface area is 118 Å². The van der Waals surface area contributed by atoms with E-state index in [1.165, 1.54) is 11.3 Å². The average Bonchev–Trinajstić information content (AvgIpc) is 2.94. The Morgan fingerprint density at radius 3 is 2.79 bits per heavy atom. The van der Waals surface area contributed by atoms with Crippen LogP contribution in [0.3, 0.4) is 0 Å². The van der Waals surface area contributed by atoms with Gasteiger partial charge in [0, 0.05) is 30.6 Å². The molecule has 0 radical (unpaired) electrons. The molecule has 108 valence electrons. The van der Waals surface area contributed by atoms with Crippen molar-refractivity contribution in [2.75, 3.05) is 19.7 Å². The van der Waals surface area contributed by atoms with Gasteiger partial charge in [0.05, 0.1) is 6.10 Å². The molecule has 0 saturated carbocycles. The Morgan fingerprint density at radius 2 is 2.21 bits per heavy atom. The molecule has 2 rings (SSSR count). The summed E-state index contributed by atoms with van der Waals surface area (Å²) in [6.07, 6.45) is 1.19. The van der Waals surface area contributed by atoms with E-state index in [4.69, 9.17) is 4.74 Å². The Kier molecular flexibility index (Phi) is 4.97. The van der Waals surface area contributed by atoms with Gasteiger partial charge in [0.25, 0.3) is 0 Å². The summed E-state index contributed by atoms with van der Waals surface area (Å²) in [6.45, 7) is 5.71. The van der Waals surface area contributed by atoms with Crippen LogP contribution in [-0.2, 0) is 14.8 Å². The number of ether oxygens (including phenoxy) is 1. The fourth-order valence-corrected chi connectivity index (χ4v) is 4.43. The quantitative estimate of drug-likeness (QED) is 0.772. The van der Waals surface area contributed by atoms with Gasteiger partial charge in [-0.1, -0.05) is 0 Å². The van der Waals surface area contributed by atoms with Crippen LogP contribution in [0.15, 0.2) is 16.3 Å². The third-order valence-electron chi connectivity index (χ3n) is 3.18. The highest BCUT2D eigenvalue weighted by atomic mass is 32.2. The molecule has 7 heteroatoms. The van der Waals surface area contributed by atoms with Crippen LogP contribution < -0.4 is 10.0 Å². The Morgan fingerprint density at radius 1 is 1.42 bits per heavy atom. The molecule has 1 aliphatic heterocycles. The molecule has 0 amide bonds. The Bertz CT molecular complexity index is 513. The second-order valence-electron chi connectivity index (χ2n) is 4.69. The summed E-state index contributed by atoms with van der Waals surface area (Å²) in [4.78, 5) is 0.996. The fraction of sp³-hybridized carbons (Fsp3) is 0.667.